The highest BCUT2D eigenvalue weighted by Gasteiger charge is 2.12. The minimum atomic E-state index is -0.254. The number of thioether (sulfide) groups is 1. The Balaban J connectivity index is 1.31. The zero-order chi connectivity index (χ0) is 21.6. The van der Waals surface area contributed by atoms with Crippen LogP contribution >= 0.6 is 23.1 Å². The van der Waals surface area contributed by atoms with E-state index >= 15 is 0 Å². The molecule has 0 bridgehead atoms. The Morgan fingerprint density at radius 3 is 2.52 bits per heavy atom. The quantitative estimate of drug-likeness (QED) is 0.314. The van der Waals surface area contributed by atoms with Crippen molar-refractivity contribution < 1.29 is 14.3 Å². The Morgan fingerprint density at radius 2 is 1.74 bits per heavy atom. The molecular weight excluding hydrogens is 432 g/mol. The Morgan fingerprint density at radius 1 is 0.968 bits per heavy atom. The molecule has 0 aliphatic carbocycles. The van der Waals surface area contributed by atoms with E-state index in [2.05, 4.69) is 20.8 Å². The first kappa shape index (κ1) is 20.8. The Kier molecular flexibility index (Phi) is 6.44. The van der Waals surface area contributed by atoms with Gasteiger partial charge < -0.3 is 10.1 Å². The molecule has 0 fully saturated rings. The number of hydrogen-bond acceptors (Lipinski definition) is 7. The van der Waals surface area contributed by atoms with Crippen LogP contribution in [0.4, 0.5) is 10.8 Å². The molecule has 0 aliphatic rings. The number of methoxy groups -OCH3 is 1. The van der Waals surface area contributed by atoms with Crippen molar-refractivity contribution in [3.8, 4) is 5.75 Å². The van der Waals surface area contributed by atoms with Gasteiger partial charge in [0.05, 0.1) is 12.9 Å². The highest BCUT2D eigenvalue weighted by molar-refractivity contribution is 8.01. The molecule has 3 aromatic carbocycles. The van der Waals surface area contributed by atoms with Crippen molar-refractivity contribution in [2.45, 2.75) is 4.34 Å². The van der Waals surface area contributed by atoms with Crippen LogP contribution in [0, 0.1) is 0 Å². The summed E-state index contributed by atoms with van der Waals surface area (Å²) in [5.74, 6) is 0.488. The van der Waals surface area contributed by atoms with E-state index in [-0.39, 0.29) is 17.6 Å². The van der Waals surface area contributed by atoms with E-state index in [4.69, 9.17) is 4.74 Å². The first-order valence-corrected chi connectivity index (χ1v) is 11.1. The minimum absolute atomic E-state index is 0.160. The van der Waals surface area contributed by atoms with Crippen LogP contribution in [0.1, 0.15) is 10.4 Å². The number of rotatable bonds is 7. The zero-order valence-electron chi connectivity index (χ0n) is 16.5. The van der Waals surface area contributed by atoms with E-state index in [0.29, 0.717) is 20.7 Å². The number of hydrogen-bond donors (Lipinski definition) is 2. The first-order chi connectivity index (χ1) is 15.1. The number of ether oxygens (including phenoxy) is 1. The lowest BCUT2D eigenvalue weighted by Gasteiger charge is -2.05. The summed E-state index contributed by atoms with van der Waals surface area (Å²) in [4.78, 5) is 24.7. The van der Waals surface area contributed by atoms with Crippen molar-refractivity contribution in [2.75, 3.05) is 23.5 Å². The van der Waals surface area contributed by atoms with Crippen molar-refractivity contribution in [1.29, 1.82) is 0 Å². The van der Waals surface area contributed by atoms with Gasteiger partial charge in [0.15, 0.2) is 4.34 Å². The van der Waals surface area contributed by atoms with Gasteiger partial charge >= 0.3 is 0 Å². The van der Waals surface area contributed by atoms with Crippen molar-refractivity contribution in [3.05, 3.63) is 72.3 Å². The van der Waals surface area contributed by atoms with Gasteiger partial charge in [0.1, 0.15) is 5.75 Å². The summed E-state index contributed by atoms with van der Waals surface area (Å²) >= 11 is 2.48. The molecule has 9 heteroatoms. The summed E-state index contributed by atoms with van der Waals surface area (Å²) < 4.78 is 5.69. The molecule has 0 unspecified atom stereocenters. The van der Waals surface area contributed by atoms with Crippen LogP contribution in [0.25, 0.3) is 10.8 Å². The number of carbonyl (C=O) groups excluding carboxylic acids is 2. The molecule has 0 atom stereocenters. The number of anilines is 2. The topological polar surface area (TPSA) is 93.2 Å². The second-order valence-corrected chi connectivity index (χ2v) is 8.65. The lowest BCUT2D eigenvalue weighted by Crippen LogP contribution is -2.13. The Bertz CT molecular complexity index is 1220. The molecule has 7 nitrogen and oxygen atoms in total. The molecule has 4 rings (SSSR count). The highest BCUT2D eigenvalue weighted by atomic mass is 32.2. The summed E-state index contributed by atoms with van der Waals surface area (Å²) in [6, 6.07) is 20.5. The molecule has 0 radical (unpaired) electrons. The number of fused-ring (bicyclic) bond motifs is 1. The van der Waals surface area contributed by atoms with Crippen LogP contribution < -0.4 is 15.4 Å². The van der Waals surface area contributed by atoms with Crippen LogP contribution in [0.3, 0.4) is 0 Å². The Hall–Kier alpha value is -3.43. The fraction of sp³-hybridized carbons (Fsp3) is 0.0909. The van der Waals surface area contributed by atoms with Crippen LogP contribution in [0.5, 0.6) is 5.75 Å². The fourth-order valence-corrected chi connectivity index (χ4v) is 4.36. The van der Waals surface area contributed by atoms with E-state index in [1.807, 2.05) is 36.4 Å². The van der Waals surface area contributed by atoms with Crippen molar-refractivity contribution in [3.63, 3.8) is 0 Å². The lowest BCUT2D eigenvalue weighted by molar-refractivity contribution is -0.113. The summed E-state index contributed by atoms with van der Waals surface area (Å²) in [6.45, 7) is 0. The monoisotopic (exact) mass is 450 g/mol. The molecule has 1 heterocycles. The molecule has 4 aromatic rings. The van der Waals surface area contributed by atoms with Gasteiger partial charge in [-0.25, -0.2) is 0 Å². The third-order valence-electron chi connectivity index (χ3n) is 4.34. The zero-order valence-corrected chi connectivity index (χ0v) is 18.1. The molecule has 2 amide bonds. The number of benzene rings is 3. The molecule has 0 saturated heterocycles. The van der Waals surface area contributed by atoms with Gasteiger partial charge in [-0.1, -0.05) is 53.4 Å². The van der Waals surface area contributed by atoms with Gasteiger partial charge in [0.2, 0.25) is 11.0 Å². The first-order valence-electron chi connectivity index (χ1n) is 9.31. The number of aromatic nitrogens is 2. The fourth-order valence-electron chi connectivity index (χ4n) is 2.82. The van der Waals surface area contributed by atoms with Gasteiger partial charge in [-0.3, -0.25) is 14.9 Å². The molecule has 156 valence electrons. The second kappa shape index (κ2) is 9.59. The van der Waals surface area contributed by atoms with E-state index in [1.165, 1.54) is 23.1 Å². The summed E-state index contributed by atoms with van der Waals surface area (Å²) in [5, 5.41) is 16.1. The predicted molar refractivity (Wildman–Crippen MR) is 124 cm³/mol. The molecule has 0 saturated carbocycles. The average molecular weight is 451 g/mol. The second-order valence-electron chi connectivity index (χ2n) is 6.45. The van der Waals surface area contributed by atoms with E-state index in [0.717, 1.165) is 16.5 Å². The van der Waals surface area contributed by atoms with Crippen LogP contribution in [-0.2, 0) is 4.79 Å². The van der Waals surface area contributed by atoms with E-state index in [1.54, 1.807) is 37.4 Å². The third kappa shape index (κ3) is 5.39. The van der Waals surface area contributed by atoms with Gasteiger partial charge in [-0.05, 0) is 47.2 Å². The molecule has 2 N–H and O–H groups in total. The maximum absolute atomic E-state index is 12.5. The minimum Gasteiger partial charge on any atom is -0.497 e. The molecule has 31 heavy (non-hydrogen) atoms. The van der Waals surface area contributed by atoms with Crippen molar-refractivity contribution in [1.82, 2.24) is 10.2 Å². The average Bonchev–Trinajstić information content (AvgIpc) is 3.25. The largest absolute Gasteiger partial charge is 0.497 e. The van der Waals surface area contributed by atoms with Crippen LogP contribution in [0.15, 0.2) is 71.1 Å². The standard InChI is InChI=1S/C22H18N4O3S2/c1-29-18-10-8-17(9-11-18)23-19(27)13-30-22-26-25-21(31-22)24-20(28)16-7-6-14-4-2-3-5-15(14)12-16/h2-12H,13H2,1H3,(H,23,27)(H,24,25,28). The maximum Gasteiger partial charge on any atom is 0.257 e. The smallest absolute Gasteiger partial charge is 0.257 e. The highest BCUT2D eigenvalue weighted by Crippen LogP contribution is 2.26. The third-order valence-corrected chi connectivity index (χ3v) is 6.31. The summed E-state index contributed by atoms with van der Waals surface area (Å²) in [5.41, 5.74) is 1.23. The van der Waals surface area contributed by atoms with Gasteiger partial charge in [0.25, 0.3) is 5.91 Å². The number of nitrogens with zero attached hydrogens (tertiary/aromatic N) is 2. The van der Waals surface area contributed by atoms with Gasteiger partial charge in [-0.2, -0.15) is 0 Å². The van der Waals surface area contributed by atoms with E-state index < -0.39 is 0 Å². The lowest BCUT2D eigenvalue weighted by atomic mass is 10.1. The number of amides is 2. The van der Waals surface area contributed by atoms with Crippen molar-refractivity contribution in [2.24, 2.45) is 0 Å². The molecular formula is C22H18N4O3S2. The normalized spacial score (nSPS) is 10.6. The van der Waals surface area contributed by atoms with Gasteiger partial charge in [0, 0.05) is 11.3 Å². The SMILES string of the molecule is COc1ccc(NC(=O)CSc2nnc(NC(=O)c3ccc4ccccc4c3)s2)cc1. The van der Waals surface area contributed by atoms with Crippen LogP contribution in [0.2, 0.25) is 0 Å². The molecule has 0 aliphatic heterocycles. The summed E-state index contributed by atoms with van der Waals surface area (Å²) in [6.07, 6.45) is 0. The van der Waals surface area contributed by atoms with Crippen LogP contribution in [-0.4, -0.2) is 34.9 Å². The molecule has 0 spiro atoms. The predicted octanol–water partition coefficient (Wildman–Crippen LogP) is 4.68. The van der Waals surface area contributed by atoms with Crippen molar-refractivity contribution >= 4 is 56.5 Å². The van der Waals surface area contributed by atoms with Gasteiger partial charge in [-0.15, -0.1) is 10.2 Å². The molecule has 1 aromatic heterocycles. The Labute approximate surface area is 186 Å². The maximum atomic E-state index is 12.5. The van der Waals surface area contributed by atoms with E-state index in [9.17, 15) is 9.59 Å². The number of nitrogens with one attached hydrogen (secondary N) is 2. The number of carbonyl (C=O) groups is 2. The summed E-state index contributed by atoms with van der Waals surface area (Å²) in [7, 11) is 1.59.